The third-order valence-corrected chi connectivity index (χ3v) is 12.4. The van der Waals surface area contributed by atoms with Gasteiger partial charge in [-0.3, -0.25) is 24.0 Å². The number of pyridine rings is 1. The van der Waals surface area contributed by atoms with E-state index in [1.807, 2.05) is 30.3 Å². The summed E-state index contributed by atoms with van der Waals surface area (Å²) in [5.74, 6) is -0.263. The van der Waals surface area contributed by atoms with Gasteiger partial charge in [-0.05, 0) is 73.9 Å². The molecular weight excluding hydrogens is 729 g/mol. The fraction of sp³-hybridized carbons (Fsp3) is 0.211. The Morgan fingerprint density at radius 3 is 2.57 bits per heavy atom. The minimum absolute atomic E-state index is 0.0942. The van der Waals surface area contributed by atoms with E-state index in [2.05, 4.69) is 25.9 Å². The highest BCUT2D eigenvalue weighted by Gasteiger charge is 2.40. The summed E-state index contributed by atoms with van der Waals surface area (Å²) < 4.78 is 36.9. The molecule has 2 aliphatic rings. The number of likely N-dealkylation sites (tertiary alicyclic amines) is 1. The van der Waals surface area contributed by atoms with Gasteiger partial charge in [-0.1, -0.05) is 47.3 Å². The Hall–Kier alpha value is -6.00. The van der Waals surface area contributed by atoms with Crippen LogP contribution in [-0.2, 0) is 26.2 Å². The molecule has 1 fully saturated rings. The number of hydrogen-bond donors (Lipinski definition) is 2. The molecule has 0 saturated carbocycles. The Labute approximate surface area is 314 Å². The van der Waals surface area contributed by atoms with Crippen LogP contribution in [0.15, 0.2) is 124 Å². The van der Waals surface area contributed by atoms with Crippen LogP contribution in [0.4, 0.5) is 0 Å². The van der Waals surface area contributed by atoms with Crippen molar-refractivity contribution in [2.24, 2.45) is 5.92 Å². The van der Waals surface area contributed by atoms with E-state index < -0.39 is 39.8 Å². The van der Waals surface area contributed by atoms with E-state index in [9.17, 15) is 22.8 Å². The van der Waals surface area contributed by atoms with Crippen LogP contribution in [0.25, 0.3) is 10.9 Å². The lowest BCUT2D eigenvalue weighted by molar-refractivity contribution is -0.138. The second-order valence-electron chi connectivity index (χ2n) is 13.1. The quantitative estimate of drug-likeness (QED) is 0.200. The maximum atomic E-state index is 14.1. The molecule has 54 heavy (non-hydrogen) atoms. The summed E-state index contributed by atoms with van der Waals surface area (Å²) in [6.45, 7) is 2.01. The number of carbonyl (C=O) groups excluding carboxylic acids is 3. The summed E-state index contributed by atoms with van der Waals surface area (Å²) in [5.41, 5.74) is 1.07. The molecule has 8 rings (SSSR count). The summed E-state index contributed by atoms with van der Waals surface area (Å²) in [7, 11) is -4.06. The summed E-state index contributed by atoms with van der Waals surface area (Å²) in [4.78, 5) is 48.8. The number of nitrogens with zero attached hydrogens (tertiary/aromatic N) is 6. The molecule has 0 unspecified atom stereocenters. The predicted octanol–water partition coefficient (Wildman–Crippen LogP) is 4.65. The van der Waals surface area contributed by atoms with E-state index in [0.717, 1.165) is 9.79 Å². The van der Waals surface area contributed by atoms with Gasteiger partial charge in [0.25, 0.3) is 15.9 Å². The zero-order valence-electron chi connectivity index (χ0n) is 28.9. The molecule has 0 bridgehead atoms. The van der Waals surface area contributed by atoms with Crippen molar-refractivity contribution in [2.45, 2.75) is 46.7 Å². The monoisotopic (exact) mass is 762 g/mol. The molecule has 3 aromatic carbocycles. The second kappa shape index (κ2) is 14.4. The van der Waals surface area contributed by atoms with E-state index in [4.69, 9.17) is 4.74 Å². The van der Waals surface area contributed by atoms with Gasteiger partial charge < -0.3 is 20.3 Å². The Morgan fingerprint density at radius 1 is 0.963 bits per heavy atom. The fourth-order valence-electron chi connectivity index (χ4n) is 6.91. The molecule has 16 heteroatoms. The summed E-state index contributed by atoms with van der Waals surface area (Å²) >= 11 is 1.55. The molecule has 1 saturated heterocycles. The van der Waals surface area contributed by atoms with Gasteiger partial charge in [0.05, 0.1) is 44.7 Å². The highest BCUT2D eigenvalue weighted by atomic mass is 32.2. The molecule has 0 aliphatic carbocycles. The van der Waals surface area contributed by atoms with Crippen molar-refractivity contribution in [2.75, 3.05) is 13.1 Å². The lowest BCUT2D eigenvalue weighted by Crippen LogP contribution is -2.49. The maximum absolute atomic E-state index is 14.1. The molecular formula is C38H34N8O6S2. The maximum Gasteiger partial charge on any atom is 0.268 e. The van der Waals surface area contributed by atoms with Crippen molar-refractivity contribution in [1.82, 2.24) is 39.5 Å². The lowest BCUT2D eigenvalue weighted by Gasteiger charge is -2.26. The largest absolute Gasteiger partial charge is 0.455 e. The molecule has 3 atom stereocenters. The smallest absolute Gasteiger partial charge is 0.268 e. The first-order valence-electron chi connectivity index (χ1n) is 17.2. The zero-order valence-corrected chi connectivity index (χ0v) is 30.5. The zero-order chi connectivity index (χ0) is 37.4. The van der Waals surface area contributed by atoms with Crippen molar-refractivity contribution in [3.8, 4) is 11.5 Å². The van der Waals surface area contributed by atoms with E-state index >= 15 is 0 Å². The first-order valence-corrected chi connectivity index (χ1v) is 19.5. The number of benzene rings is 3. The first-order chi connectivity index (χ1) is 26.2. The molecule has 2 aliphatic heterocycles. The second-order valence-corrected chi connectivity index (χ2v) is 16.0. The third kappa shape index (κ3) is 6.80. The lowest BCUT2D eigenvalue weighted by atomic mass is 10.0. The molecule has 14 nitrogen and oxygen atoms in total. The number of carbonyl (C=O) groups is 3. The van der Waals surface area contributed by atoms with Crippen molar-refractivity contribution < 1.29 is 27.5 Å². The van der Waals surface area contributed by atoms with Crippen molar-refractivity contribution >= 4 is 50.4 Å². The highest BCUT2D eigenvalue weighted by Crippen LogP contribution is 2.47. The van der Waals surface area contributed by atoms with E-state index in [1.165, 1.54) is 27.2 Å². The molecule has 3 aromatic heterocycles. The van der Waals surface area contributed by atoms with Gasteiger partial charge in [0.15, 0.2) is 0 Å². The van der Waals surface area contributed by atoms with Crippen LogP contribution in [0.1, 0.15) is 35.4 Å². The molecule has 6 aromatic rings. The SMILES string of the molecule is C[C@@H](NC(=O)[C@@H]1C[C@H](Cn2ccnn2)CN1C(=O)CNC(=O)c1ccc2c(c1)Oc1ccccc1S2)c1cc2cnccc2n1S(=O)(=O)c1ccccc1. The van der Waals surface area contributed by atoms with Crippen LogP contribution in [0, 0.1) is 5.92 Å². The fourth-order valence-corrected chi connectivity index (χ4v) is 9.46. The molecule has 0 spiro atoms. The Kier molecular flexibility index (Phi) is 9.37. The number of hydrogen-bond acceptors (Lipinski definition) is 10. The number of aromatic nitrogens is 5. The van der Waals surface area contributed by atoms with Crippen LogP contribution in [-0.4, -0.2) is 74.1 Å². The third-order valence-electron chi connectivity index (χ3n) is 9.49. The Balaban J connectivity index is 1.00. The van der Waals surface area contributed by atoms with Gasteiger partial charge in [-0.15, -0.1) is 5.10 Å². The standard InChI is InChI=1S/C38H34N8O6S2/c1-24(30-18-27-20-39-14-13-29(27)46(30)54(50,51)28-7-3-2-4-8-28)42-38(49)31-17-25(22-44-16-15-41-43-44)23-45(31)36(47)21-40-37(48)26-11-12-35-33(19-26)52-32-9-5-6-10-34(32)53-35/h2-16,18-20,24-25,31H,17,21-23H2,1H3,(H,40,48)(H,42,49)/t24-,25-,31+/m1/s1. The van der Waals surface area contributed by atoms with E-state index in [0.29, 0.717) is 46.6 Å². The van der Waals surface area contributed by atoms with Gasteiger partial charge >= 0.3 is 0 Å². The molecule has 274 valence electrons. The predicted molar refractivity (Wildman–Crippen MR) is 198 cm³/mol. The van der Waals surface area contributed by atoms with Crippen molar-refractivity contribution in [3.05, 3.63) is 121 Å². The number of ether oxygens (including phenoxy) is 1. The average Bonchev–Trinajstić information content (AvgIpc) is 3.96. The number of fused-ring (bicyclic) bond motifs is 3. The van der Waals surface area contributed by atoms with Crippen molar-refractivity contribution in [3.63, 3.8) is 0 Å². The molecule has 5 heterocycles. The summed E-state index contributed by atoms with van der Waals surface area (Å²) in [6.07, 6.45) is 6.66. The van der Waals surface area contributed by atoms with Crippen LogP contribution in [0.5, 0.6) is 11.5 Å². The van der Waals surface area contributed by atoms with E-state index in [-0.39, 0.29) is 23.9 Å². The summed E-state index contributed by atoms with van der Waals surface area (Å²) in [6, 6.07) is 22.5. The van der Waals surface area contributed by atoms with Gasteiger partial charge in [0, 0.05) is 42.6 Å². The average molecular weight is 763 g/mol. The van der Waals surface area contributed by atoms with Gasteiger partial charge in [0.1, 0.15) is 17.5 Å². The number of nitrogens with one attached hydrogen (secondary N) is 2. The van der Waals surface area contributed by atoms with Crippen LogP contribution in [0.2, 0.25) is 0 Å². The van der Waals surface area contributed by atoms with Crippen LogP contribution in [0.3, 0.4) is 0 Å². The minimum atomic E-state index is -4.06. The first kappa shape index (κ1) is 35.1. The normalized spacial score (nSPS) is 16.9. The Bertz CT molecular complexity index is 2490. The minimum Gasteiger partial charge on any atom is -0.455 e. The van der Waals surface area contributed by atoms with Gasteiger partial charge in [-0.2, -0.15) is 0 Å². The van der Waals surface area contributed by atoms with Gasteiger partial charge in [-0.25, -0.2) is 12.4 Å². The number of rotatable bonds is 10. The number of amides is 3. The molecule has 0 radical (unpaired) electrons. The number of para-hydroxylation sites is 1. The van der Waals surface area contributed by atoms with Crippen molar-refractivity contribution in [1.29, 1.82) is 0 Å². The van der Waals surface area contributed by atoms with E-state index in [1.54, 1.807) is 84.4 Å². The highest BCUT2D eigenvalue weighted by molar-refractivity contribution is 7.99. The molecule has 3 amide bonds. The van der Waals surface area contributed by atoms with Gasteiger partial charge in [0.2, 0.25) is 11.8 Å². The molecule has 2 N–H and O–H groups in total. The summed E-state index contributed by atoms with van der Waals surface area (Å²) in [5, 5.41) is 14.2. The topological polar surface area (TPSA) is 170 Å². The van der Waals surface area contributed by atoms with Crippen LogP contribution >= 0.6 is 11.8 Å². The Morgan fingerprint density at radius 2 is 1.76 bits per heavy atom. The van der Waals surface area contributed by atoms with Crippen LogP contribution < -0.4 is 15.4 Å².